The molecule has 0 saturated carbocycles. The van der Waals surface area contributed by atoms with E-state index in [-0.39, 0.29) is 0 Å². The highest BCUT2D eigenvalue weighted by molar-refractivity contribution is 5.68. The number of rotatable bonds is 2. The predicted molar refractivity (Wildman–Crippen MR) is 62.8 cm³/mol. The Labute approximate surface area is 93.1 Å². The molecule has 5 nitrogen and oxygen atoms in total. The summed E-state index contributed by atoms with van der Waals surface area (Å²) in [6.07, 6.45) is 3.36. The van der Waals surface area contributed by atoms with Crippen LogP contribution in [0.4, 0.5) is 11.5 Å². The molecule has 0 saturated heterocycles. The number of pyridine rings is 2. The van der Waals surface area contributed by atoms with E-state index >= 15 is 0 Å². The van der Waals surface area contributed by atoms with Crippen molar-refractivity contribution in [2.24, 2.45) is 0 Å². The van der Waals surface area contributed by atoms with E-state index in [0.717, 1.165) is 11.1 Å². The van der Waals surface area contributed by atoms with Crippen LogP contribution >= 0.6 is 0 Å². The number of hydrogen-bond donors (Lipinski definition) is 2. The maximum absolute atomic E-state index is 5.77. The average molecular weight is 216 g/mol. The van der Waals surface area contributed by atoms with Crippen molar-refractivity contribution in [1.29, 1.82) is 0 Å². The van der Waals surface area contributed by atoms with Crippen molar-refractivity contribution in [3.05, 3.63) is 30.6 Å². The Hall–Kier alpha value is -2.30. The van der Waals surface area contributed by atoms with Gasteiger partial charge in [-0.15, -0.1) is 0 Å². The summed E-state index contributed by atoms with van der Waals surface area (Å²) in [5, 5.41) is 0. The van der Waals surface area contributed by atoms with Crippen LogP contribution in [0.3, 0.4) is 0 Å². The van der Waals surface area contributed by atoms with Crippen molar-refractivity contribution in [2.75, 3.05) is 18.6 Å². The van der Waals surface area contributed by atoms with E-state index in [1.165, 1.54) is 7.11 Å². The molecule has 0 unspecified atom stereocenters. The van der Waals surface area contributed by atoms with Gasteiger partial charge in [0.1, 0.15) is 5.82 Å². The Morgan fingerprint density at radius 2 is 1.81 bits per heavy atom. The molecule has 0 amide bonds. The molecule has 0 fully saturated rings. The van der Waals surface area contributed by atoms with E-state index in [2.05, 4.69) is 9.97 Å². The van der Waals surface area contributed by atoms with Gasteiger partial charge in [0.15, 0.2) is 0 Å². The first-order chi connectivity index (χ1) is 7.70. The van der Waals surface area contributed by atoms with Crippen molar-refractivity contribution < 1.29 is 4.74 Å². The molecule has 5 heteroatoms. The first-order valence-corrected chi connectivity index (χ1v) is 4.72. The highest BCUT2D eigenvalue weighted by atomic mass is 16.5. The third kappa shape index (κ3) is 1.88. The van der Waals surface area contributed by atoms with Gasteiger partial charge in [-0.2, -0.15) is 0 Å². The third-order valence-electron chi connectivity index (χ3n) is 2.19. The van der Waals surface area contributed by atoms with E-state index in [1.54, 1.807) is 24.5 Å². The van der Waals surface area contributed by atoms with E-state index in [1.807, 2.05) is 6.07 Å². The van der Waals surface area contributed by atoms with Gasteiger partial charge in [0.2, 0.25) is 5.88 Å². The Morgan fingerprint density at radius 1 is 1.06 bits per heavy atom. The molecule has 82 valence electrons. The van der Waals surface area contributed by atoms with Crippen molar-refractivity contribution in [2.45, 2.75) is 0 Å². The smallest absolute Gasteiger partial charge is 0.236 e. The van der Waals surface area contributed by atoms with Crippen molar-refractivity contribution in [3.63, 3.8) is 0 Å². The van der Waals surface area contributed by atoms with E-state index in [9.17, 15) is 0 Å². The van der Waals surface area contributed by atoms with Gasteiger partial charge >= 0.3 is 0 Å². The molecular weight excluding hydrogens is 204 g/mol. The molecule has 0 aromatic carbocycles. The lowest BCUT2D eigenvalue weighted by atomic mass is 10.1. The highest BCUT2D eigenvalue weighted by Gasteiger charge is 2.04. The minimum Gasteiger partial charge on any atom is -0.480 e. The van der Waals surface area contributed by atoms with E-state index in [4.69, 9.17) is 16.2 Å². The van der Waals surface area contributed by atoms with E-state index in [0.29, 0.717) is 17.4 Å². The second-order valence-corrected chi connectivity index (χ2v) is 3.29. The van der Waals surface area contributed by atoms with Gasteiger partial charge in [0.05, 0.1) is 12.8 Å². The summed E-state index contributed by atoms with van der Waals surface area (Å²) in [6.45, 7) is 0. The SMILES string of the molecule is COc1ncc(-c2ccc(N)nc2)cc1N. The standard InChI is InChI=1S/C11H12N4O/c1-16-11-9(12)4-8(6-15-11)7-2-3-10(13)14-5-7/h2-6H,12H2,1H3,(H2,13,14). The van der Waals surface area contributed by atoms with Crippen molar-refractivity contribution in [1.82, 2.24) is 9.97 Å². The van der Waals surface area contributed by atoms with Crippen LogP contribution in [-0.2, 0) is 0 Å². The molecule has 4 N–H and O–H groups in total. The quantitative estimate of drug-likeness (QED) is 0.790. The number of nitrogen functional groups attached to an aromatic ring is 2. The van der Waals surface area contributed by atoms with Gasteiger partial charge in [-0.3, -0.25) is 0 Å². The molecule has 0 atom stereocenters. The maximum Gasteiger partial charge on any atom is 0.236 e. The third-order valence-corrected chi connectivity index (χ3v) is 2.19. The van der Waals surface area contributed by atoms with Crippen LogP contribution in [0.15, 0.2) is 30.6 Å². The fourth-order valence-electron chi connectivity index (χ4n) is 1.37. The molecule has 2 rings (SSSR count). The summed E-state index contributed by atoms with van der Waals surface area (Å²) in [7, 11) is 1.53. The van der Waals surface area contributed by atoms with Crippen molar-refractivity contribution in [3.8, 4) is 17.0 Å². The molecule has 0 bridgehead atoms. The second-order valence-electron chi connectivity index (χ2n) is 3.29. The van der Waals surface area contributed by atoms with Crippen LogP contribution in [-0.4, -0.2) is 17.1 Å². The predicted octanol–water partition coefficient (Wildman–Crippen LogP) is 1.32. The fourth-order valence-corrected chi connectivity index (χ4v) is 1.37. The van der Waals surface area contributed by atoms with Crippen LogP contribution in [0, 0.1) is 0 Å². The molecule has 2 aromatic heterocycles. The van der Waals surface area contributed by atoms with Gasteiger partial charge in [0.25, 0.3) is 0 Å². The molecule has 0 spiro atoms. The molecule has 0 aliphatic rings. The van der Waals surface area contributed by atoms with E-state index < -0.39 is 0 Å². The van der Waals surface area contributed by atoms with Crippen LogP contribution in [0.25, 0.3) is 11.1 Å². The molecular formula is C11H12N4O. The van der Waals surface area contributed by atoms with Crippen LogP contribution in [0.5, 0.6) is 5.88 Å². The summed E-state index contributed by atoms with van der Waals surface area (Å²) in [5.74, 6) is 0.908. The summed E-state index contributed by atoms with van der Waals surface area (Å²) in [5.41, 5.74) is 13.6. The highest BCUT2D eigenvalue weighted by Crippen LogP contribution is 2.25. The summed E-state index contributed by atoms with van der Waals surface area (Å²) < 4.78 is 4.98. The number of hydrogen-bond acceptors (Lipinski definition) is 5. The molecule has 2 aromatic rings. The number of ether oxygens (including phenoxy) is 1. The number of nitrogens with two attached hydrogens (primary N) is 2. The number of aromatic nitrogens is 2. The Balaban J connectivity index is 2.41. The molecule has 0 aliphatic carbocycles. The average Bonchev–Trinajstić information content (AvgIpc) is 2.30. The molecule has 0 aliphatic heterocycles. The molecule has 0 radical (unpaired) electrons. The normalized spacial score (nSPS) is 10.1. The number of anilines is 2. The first kappa shape index (κ1) is 10.2. The zero-order valence-corrected chi connectivity index (χ0v) is 8.84. The minimum absolute atomic E-state index is 0.423. The summed E-state index contributed by atoms with van der Waals surface area (Å²) in [4.78, 5) is 8.09. The number of methoxy groups -OCH3 is 1. The largest absolute Gasteiger partial charge is 0.480 e. The molecule has 2 heterocycles. The van der Waals surface area contributed by atoms with Gasteiger partial charge in [0, 0.05) is 23.5 Å². The maximum atomic E-state index is 5.77. The minimum atomic E-state index is 0.423. The van der Waals surface area contributed by atoms with Gasteiger partial charge in [-0.1, -0.05) is 0 Å². The topological polar surface area (TPSA) is 87.0 Å². The van der Waals surface area contributed by atoms with Crippen LogP contribution < -0.4 is 16.2 Å². The fraction of sp³-hybridized carbons (Fsp3) is 0.0909. The monoisotopic (exact) mass is 216 g/mol. The van der Waals surface area contributed by atoms with Crippen LogP contribution in [0.1, 0.15) is 0 Å². The van der Waals surface area contributed by atoms with Gasteiger partial charge < -0.3 is 16.2 Å². The van der Waals surface area contributed by atoms with Gasteiger partial charge in [-0.25, -0.2) is 9.97 Å². The summed E-state index contributed by atoms with van der Waals surface area (Å²) in [6, 6.07) is 5.39. The Bertz CT molecular complexity index is 496. The van der Waals surface area contributed by atoms with Gasteiger partial charge in [-0.05, 0) is 18.2 Å². The Morgan fingerprint density at radius 3 is 2.38 bits per heavy atom. The second kappa shape index (κ2) is 4.06. The first-order valence-electron chi connectivity index (χ1n) is 4.72. The lowest BCUT2D eigenvalue weighted by Gasteiger charge is -2.06. The lowest BCUT2D eigenvalue weighted by Crippen LogP contribution is -1.96. The molecule has 16 heavy (non-hydrogen) atoms. The van der Waals surface area contributed by atoms with Crippen molar-refractivity contribution >= 4 is 11.5 Å². The number of nitrogens with zero attached hydrogens (tertiary/aromatic N) is 2. The van der Waals surface area contributed by atoms with Crippen LogP contribution in [0.2, 0.25) is 0 Å². The summed E-state index contributed by atoms with van der Waals surface area (Å²) >= 11 is 0. The zero-order valence-electron chi connectivity index (χ0n) is 8.84. The Kier molecular flexibility index (Phi) is 2.59. The lowest BCUT2D eigenvalue weighted by molar-refractivity contribution is 0.400. The zero-order chi connectivity index (χ0) is 11.5.